The Bertz CT molecular complexity index is 1070. The zero-order valence-corrected chi connectivity index (χ0v) is 19.8. The molecule has 0 unspecified atom stereocenters. The molecule has 34 heavy (non-hydrogen) atoms. The molecule has 0 N–H and O–H groups in total. The SMILES string of the molecule is CCOC(=O)CN1CCN(c2ncnc(N3CC=C(c4ccc(Cl)cc4)CC3)c2[N+](=O)[O-])CC1. The van der Waals surface area contributed by atoms with Crippen LogP contribution in [0, 0.1) is 10.1 Å². The van der Waals surface area contributed by atoms with E-state index in [1.165, 1.54) is 11.9 Å². The summed E-state index contributed by atoms with van der Waals surface area (Å²) in [5.41, 5.74) is 2.20. The molecule has 1 fully saturated rings. The topological polar surface area (TPSA) is 105 Å². The van der Waals surface area contributed by atoms with Crippen molar-refractivity contribution >= 4 is 40.5 Å². The Labute approximate surface area is 202 Å². The number of piperazine rings is 1. The summed E-state index contributed by atoms with van der Waals surface area (Å²) in [5.74, 6) is 0.385. The van der Waals surface area contributed by atoms with Gasteiger partial charge in [0.1, 0.15) is 6.33 Å². The molecule has 0 bridgehead atoms. The number of carbonyl (C=O) groups excluding carboxylic acids is 1. The van der Waals surface area contributed by atoms with Crippen LogP contribution in [0.1, 0.15) is 18.9 Å². The van der Waals surface area contributed by atoms with Gasteiger partial charge in [-0.1, -0.05) is 29.8 Å². The van der Waals surface area contributed by atoms with Crippen molar-refractivity contribution in [1.29, 1.82) is 0 Å². The predicted octanol–water partition coefficient (Wildman–Crippen LogP) is 3.02. The lowest BCUT2D eigenvalue weighted by Crippen LogP contribution is -2.48. The number of aromatic nitrogens is 2. The second-order valence-electron chi connectivity index (χ2n) is 8.13. The summed E-state index contributed by atoms with van der Waals surface area (Å²) in [7, 11) is 0. The lowest BCUT2D eigenvalue weighted by Gasteiger charge is -2.35. The van der Waals surface area contributed by atoms with Crippen molar-refractivity contribution in [1.82, 2.24) is 14.9 Å². The fraction of sp³-hybridized carbons (Fsp3) is 0.435. The predicted molar refractivity (Wildman–Crippen MR) is 130 cm³/mol. The monoisotopic (exact) mass is 486 g/mol. The van der Waals surface area contributed by atoms with Crippen molar-refractivity contribution in [2.75, 3.05) is 62.2 Å². The minimum Gasteiger partial charge on any atom is -0.465 e. The van der Waals surface area contributed by atoms with Gasteiger partial charge in [0.05, 0.1) is 18.1 Å². The molecule has 0 spiro atoms. The zero-order valence-electron chi connectivity index (χ0n) is 19.0. The molecule has 1 saturated heterocycles. The number of nitrogens with zero attached hydrogens (tertiary/aromatic N) is 6. The molecule has 1 aromatic carbocycles. The minimum atomic E-state index is -0.395. The normalized spacial score (nSPS) is 16.8. The summed E-state index contributed by atoms with van der Waals surface area (Å²) in [4.78, 5) is 37.8. The standard InChI is InChI=1S/C23H27ClN6O4/c1-2-34-20(31)15-27-11-13-29(14-12-27)23-21(30(32)33)22(25-16-26-23)28-9-7-18(8-10-28)17-3-5-19(24)6-4-17/h3-7,16H,2,8-15H2,1H3. The Kier molecular flexibility index (Phi) is 7.59. The van der Waals surface area contributed by atoms with E-state index in [4.69, 9.17) is 16.3 Å². The van der Waals surface area contributed by atoms with Gasteiger partial charge in [-0.25, -0.2) is 9.97 Å². The molecule has 2 aliphatic heterocycles. The second-order valence-corrected chi connectivity index (χ2v) is 8.56. The molecule has 0 aliphatic carbocycles. The van der Waals surface area contributed by atoms with Gasteiger partial charge >= 0.3 is 11.7 Å². The van der Waals surface area contributed by atoms with E-state index in [9.17, 15) is 14.9 Å². The van der Waals surface area contributed by atoms with Crippen molar-refractivity contribution < 1.29 is 14.5 Å². The molecule has 0 radical (unpaired) electrons. The van der Waals surface area contributed by atoms with Crippen molar-refractivity contribution in [3.05, 3.63) is 57.4 Å². The Hall–Kier alpha value is -3.24. The van der Waals surface area contributed by atoms with Gasteiger partial charge in [-0.05, 0) is 36.6 Å². The first kappa shape index (κ1) is 23.9. The first-order valence-electron chi connectivity index (χ1n) is 11.3. The number of benzene rings is 1. The largest absolute Gasteiger partial charge is 0.465 e. The molecule has 0 atom stereocenters. The fourth-order valence-electron chi connectivity index (χ4n) is 4.28. The molecule has 180 valence electrons. The van der Waals surface area contributed by atoms with Crippen LogP contribution in [0.15, 0.2) is 36.7 Å². The Morgan fingerprint density at radius 3 is 2.35 bits per heavy atom. The van der Waals surface area contributed by atoms with Gasteiger partial charge in [-0.3, -0.25) is 19.8 Å². The highest BCUT2D eigenvalue weighted by atomic mass is 35.5. The third-order valence-corrected chi connectivity index (χ3v) is 6.27. The fourth-order valence-corrected chi connectivity index (χ4v) is 4.41. The van der Waals surface area contributed by atoms with Crippen molar-refractivity contribution in [2.45, 2.75) is 13.3 Å². The molecular weight excluding hydrogens is 460 g/mol. The van der Waals surface area contributed by atoms with Gasteiger partial charge in [0, 0.05) is 44.3 Å². The van der Waals surface area contributed by atoms with Crippen LogP contribution in [0.4, 0.5) is 17.3 Å². The number of esters is 1. The van der Waals surface area contributed by atoms with Crippen LogP contribution in [-0.4, -0.2) is 78.2 Å². The van der Waals surface area contributed by atoms with Crippen molar-refractivity contribution in [2.24, 2.45) is 0 Å². The molecule has 2 aromatic rings. The van der Waals surface area contributed by atoms with Gasteiger partial charge in [0.25, 0.3) is 0 Å². The van der Waals surface area contributed by atoms with Gasteiger partial charge in [0.15, 0.2) is 0 Å². The van der Waals surface area contributed by atoms with Gasteiger partial charge in [-0.2, -0.15) is 0 Å². The molecule has 4 rings (SSSR count). The molecule has 0 amide bonds. The maximum atomic E-state index is 12.1. The number of nitro groups is 1. The van der Waals surface area contributed by atoms with Crippen LogP contribution < -0.4 is 9.80 Å². The van der Waals surface area contributed by atoms with Gasteiger partial charge < -0.3 is 14.5 Å². The third-order valence-electron chi connectivity index (χ3n) is 6.02. The van der Waals surface area contributed by atoms with E-state index in [-0.39, 0.29) is 18.2 Å². The number of ether oxygens (including phenoxy) is 1. The van der Waals surface area contributed by atoms with Crippen LogP contribution in [0.25, 0.3) is 5.57 Å². The molecule has 0 saturated carbocycles. The lowest BCUT2D eigenvalue weighted by molar-refractivity contribution is -0.383. The average molecular weight is 487 g/mol. The first-order valence-corrected chi connectivity index (χ1v) is 11.7. The van der Waals surface area contributed by atoms with Gasteiger partial charge in [0.2, 0.25) is 11.6 Å². The van der Waals surface area contributed by atoms with Crippen molar-refractivity contribution in [3.63, 3.8) is 0 Å². The summed E-state index contributed by atoms with van der Waals surface area (Å²) in [6.45, 7) is 5.70. The second kappa shape index (κ2) is 10.8. The third kappa shape index (κ3) is 5.45. The van der Waals surface area contributed by atoms with E-state index in [2.05, 4.69) is 16.0 Å². The molecule has 3 heterocycles. The molecule has 2 aliphatic rings. The molecule has 1 aromatic heterocycles. The quantitative estimate of drug-likeness (QED) is 0.331. The number of rotatable bonds is 7. The van der Waals surface area contributed by atoms with Gasteiger partial charge in [-0.15, -0.1) is 0 Å². The highest BCUT2D eigenvalue weighted by Gasteiger charge is 2.32. The van der Waals surface area contributed by atoms with E-state index in [0.29, 0.717) is 62.5 Å². The van der Waals surface area contributed by atoms with E-state index >= 15 is 0 Å². The van der Waals surface area contributed by atoms with Crippen LogP contribution in [0.2, 0.25) is 5.02 Å². The van der Waals surface area contributed by atoms with Crippen LogP contribution >= 0.6 is 11.6 Å². The maximum Gasteiger partial charge on any atom is 0.353 e. The summed E-state index contributed by atoms with van der Waals surface area (Å²) in [5, 5.41) is 12.8. The maximum absolute atomic E-state index is 12.1. The highest BCUT2D eigenvalue weighted by molar-refractivity contribution is 6.30. The van der Waals surface area contributed by atoms with Crippen LogP contribution in [0.5, 0.6) is 0 Å². The molecule has 10 nitrogen and oxygen atoms in total. The molecular formula is C23H27ClN6O4. The Balaban J connectivity index is 1.49. The summed E-state index contributed by atoms with van der Waals surface area (Å²) < 4.78 is 5.01. The van der Waals surface area contributed by atoms with E-state index in [1.807, 2.05) is 39.0 Å². The van der Waals surface area contributed by atoms with Crippen LogP contribution in [0.3, 0.4) is 0 Å². The minimum absolute atomic E-state index is 0.0790. The van der Waals surface area contributed by atoms with E-state index in [0.717, 1.165) is 12.0 Å². The smallest absolute Gasteiger partial charge is 0.353 e. The lowest BCUT2D eigenvalue weighted by atomic mass is 9.99. The summed E-state index contributed by atoms with van der Waals surface area (Å²) >= 11 is 5.99. The molecule has 11 heteroatoms. The van der Waals surface area contributed by atoms with E-state index in [1.54, 1.807) is 6.92 Å². The zero-order chi connectivity index (χ0) is 24.1. The Morgan fingerprint density at radius 1 is 1.09 bits per heavy atom. The first-order chi connectivity index (χ1) is 16.5. The average Bonchev–Trinajstić information content (AvgIpc) is 2.85. The van der Waals surface area contributed by atoms with Crippen molar-refractivity contribution in [3.8, 4) is 0 Å². The highest BCUT2D eigenvalue weighted by Crippen LogP contribution is 2.36. The number of anilines is 2. The number of carbonyl (C=O) groups is 1. The number of halogens is 1. The van der Waals surface area contributed by atoms with E-state index < -0.39 is 4.92 Å². The van der Waals surface area contributed by atoms with Crippen LogP contribution in [-0.2, 0) is 9.53 Å². The number of hydrogen-bond acceptors (Lipinski definition) is 9. The summed E-state index contributed by atoms with van der Waals surface area (Å²) in [6, 6.07) is 7.68. The number of hydrogen-bond donors (Lipinski definition) is 0. The summed E-state index contributed by atoms with van der Waals surface area (Å²) in [6.07, 6.45) is 4.21. The Morgan fingerprint density at radius 2 is 1.76 bits per heavy atom.